The quantitative estimate of drug-likeness (QED) is 0.582. The van der Waals surface area contributed by atoms with Crippen molar-refractivity contribution >= 4 is 5.95 Å². The molecule has 0 fully saturated rings. The monoisotopic (exact) mass is 197 g/mol. The van der Waals surface area contributed by atoms with Crippen molar-refractivity contribution in [2.24, 2.45) is 0 Å². The molecule has 0 aromatic carbocycles. The molecule has 5 nitrogen and oxygen atoms in total. The normalized spacial score (nSPS) is 9.27. The number of nitrogens with one attached hydrogen (secondary N) is 1. The SMILES string of the molecule is N#CNc1nccc(-c2ccccn2)n1. The first kappa shape index (κ1) is 9.09. The zero-order valence-electron chi connectivity index (χ0n) is 7.75. The summed E-state index contributed by atoms with van der Waals surface area (Å²) < 4.78 is 0. The van der Waals surface area contributed by atoms with E-state index in [1.807, 2.05) is 18.2 Å². The fourth-order valence-corrected chi connectivity index (χ4v) is 1.13. The molecule has 1 N–H and O–H groups in total. The summed E-state index contributed by atoms with van der Waals surface area (Å²) in [6.07, 6.45) is 5.04. The fraction of sp³-hybridized carbons (Fsp3) is 0. The number of hydrogen-bond acceptors (Lipinski definition) is 5. The molecule has 0 spiro atoms. The van der Waals surface area contributed by atoms with E-state index in [4.69, 9.17) is 5.26 Å². The molecule has 15 heavy (non-hydrogen) atoms. The number of nitrogens with zero attached hydrogens (tertiary/aromatic N) is 4. The Morgan fingerprint density at radius 3 is 2.73 bits per heavy atom. The van der Waals surface area contributed by atoms with Crippen LogP contribution < -0.4 is 5.32 Å². The number of pyridine rings is 1. The van der Waals surface area contributed by atoms with Crippen LogP contribution in [0.1, 0.15) is 0 Å². The highest BCUT2D eigenvalue weighted by atomic mass is 15.1. The van der Waals surface area contributed by atoms with Gasteiger partial charge in [-0.05, 0) is 18.2 Å². The van der Waals surface area contributed by atoms with Crippen LogP contribution in [-0.2, 0) is 0 Å². The second-order valence-electron chi connectivity index (χ2n) is 2.72. The van der Waals surface area contributed by atoms with Crippen molar-refractivity contribution in [3.05, 3.63) is 36.7 Å². The van der Waals surface area contributed by atoms with Crippen LogP contribution in [0.2, 0.25) is 0 Å². The maximum atomic E-state index is 8.42. The summed E-state index contributed by atoms with van der Waals surface area (Å²) in [5.74, 6) is 0.278. The second-order valence-corrected chi connectivity index (χ2v) is 2.72. The third kappa shape index (κ3) is 2.06. The van der Waals surface area contributed by atoms with E-state index >= 15 is 0 Å². The van der Waals surface area contributed by atoms with E-state index in [9.17, 15) is 0 Å². The summed E-state index contributed by atoms with van der Waals surface area (Å²) in [5.41, 5.74) is 1.43. The third-order valence-corrected chi connectivity index (χ3v) is 1.75. The van der Waals surface area contributed by atoms with Crippen LogP contribution in [0, 0.1) is 11.5 Å². The van der Waals surface area contributed by atoms with Crippen molar-refractivity contribution in [2.45, 2.75) is 0 Å². The number of rotatable bonds is 2. The summed E-state index contributed by atoms with van der Waals surface area (Å²) >= 11 is 0. The average molecular weight is 197 g/mol. The number of nitriles is 1. The van der Waals surface area contributed by atoms with Gasteiger partial charge in [-0.1, -0.05) is 6.07 Å². The van der Waals surface area contributed by atoms with E-state index in [-0.39, 0.29) is 5.95 Å². The first-order chi connectivity index (χ1) is 7.40. The Morgan fingerprint density at radius 2 is 2.00 bits per heavy atom. The molecule has 72 valence electrons. The standard InChI is InChI=1S/C10H7N5/c11-7-14-10-13-6-4-9(15-10)8-3-1-2-5-12-8/h1-6H,(H,13,14,15). The predicted octanol–water partition coefficient (Wildman–Crippen LogP) is 1.43. The van der Waals surface area contributed by atoms with E-state index in [0.717, 1.165) is 5.69 Å². The van der Waals surface area contributed by atoms with Crippen LogP contribution in [0.5, 0.6) is 0 Å². The van der Waals surface area contributed by atoms with Gasteiger partial charge in [-0.3, -0.25) is 10.3 Å². The molecule has 2 rings (SSSR count). The van der Waals surface area contributed by atoms with Crippen molar-refractivity contribution < 1.29 is 0 Å². The minimum Gasteiger partial charge on any atom is -0.261 e. The Hall–Kier alpha value is -2.48. The second kappa shape index (κ2) is 4.15. The van der Waals surface area contributed by atoms with Gasteiger partial charge in [-0.25, -0.2) is 9.97 Å². The minimum atomic E-state index is 0.278. The highest BCUT2D eigenvalue weighted by Crippen LogP contribution is 2.13. The van der Waals surface area contributed by atoms with Crippen LogP contribution in [-0.4, -0.2) is 15.0 Å². The summed E-state index contributed by atoms with van der Waals surface area (Å²) in [5, 5.41) is 10.8. The highest BCUT2D eigenvalue weighted by molar-refractivity contribution is 5.55. The third-order valence-electron chi connectivity index (χ3n) is 1.75. The van der Waals surface area contributed by atoms with Crippen LogP contribution in [0.25, 0.3) is 11.4 Å². The van der Waals surface area contributed by atoms with Gasteiger partial charge in [-0.2, -0.15) is 5.26 Å². The van der Waals surface area contributed by atoms with Crippen molar-refractivity contribution in [2.75, 3.05) is 5.32 Å². The topological polar surface area (TPSA) is 74.5 Å². The first-order valence-corrected chi connectivity index (χ1v) is 4.30. The van der Waals surface area contributed by atoms with Crippen molar-refractivity contribution in [1.82, 2.24) is 15.0 Å². The van der Waals surface area contributed by atoms with Crippen molar-refractivity contribution in [1.29, 1.82) is 5.26 Å². The summed E-state index contributed by atoms with van der Waals surface area (Å²) in [6.45, 7) is 0. The summed E-state index contributed by atoms with van der Waals surface area (Å²) in [7, 11) is 0. The van der Waals surface area contributed by atoms with Gasteiger partial charge in [0.15, 0.2) is 6.19 Å². The number of aromatic nitrogens is 3. The Bertz CT molecular complexity index is 489. The van der Waals surface area contributed by atoms with Gasteiger partial charge in [0.1, 0.15) is 0 Å². The van der Waals surface area contributed by atoms with Gasteiger partial charge in [0.25, 0.3) is 0 Å². The van der Waals surface area contributed by atoms with Crippen LogP contribution in [0.4, 0.5) is 5.95 Å². The van der Waals surface area contributed by atoms with E-state index in [1.54, 1.807) is 24.7 Å². The molecular weight excluding hydrogens is 190 g/mol. The van der Waals surface area contributed by atoms with E-state index in [0.29, 0.717) is 5.69 Å². The molecular formula is C10H7N5. The molecule has 0 atom stereocenters. The zero-order valence-corrected chi connectivity index (χ0v) is 7.75. The van der Waals surface area contributed by atoms with Gasteiger partial charge < -0.3 is 0 Å². The van der Waals surface area contributed by atoms with E-state index < -0.39 is 0 Å². The largest absolute Gasteiger partial charge is 0.261 e. The molecule has 2 heterocycles. The molecule has 0 bridgehead atoms. The fourth-order valence-electron chi connectivity index (χ4n) is 1.13. The summed E-state index contributed by atoms with van der Waals surface area (Å²) in [6, 6.07) is 7.30. The van der Waals surface area contributed by atoms with Crippen molar-refractivity contribution in [3.8, 4) is 17.6 Å². The Labute approximate surface area is 86.5 Å². The number of anilines is 1. The Morgan fingerprint density at radius 1 is 1.07 bits per heavy atom. The zero-order chi connectivity index (χ0) is 10.5. The van der Waals surface area contributed by atoms with Crippen LogP contribution in [0.3, 0.4) is 0 Å². The van der Waals surface area contributed by atoms with Gasteiger partial charge in [0, 0.05) is 12.4 Å². The molecule has 0 amide bonds. The van der Waals surface area contributed by atoms with Gasteiger partial charge in [0.05, 0.1) is 11.4 Å². The lowest BCUT2D eigenvalue weighted by molar-refractivity contribution is 1.15. The molecule has 5 heteroatoms. The smallest absolute Gasteiger partial charge is 0.236 e. The molecule has 0 unspecified atom stereocenters. The Kier molecular flexibility index (Phi) is 2.52. The van der Waals surface area contributed by atoms with Crippen LogP contribution >= 0.6 is 0 Å². The van der Waals surface area contributed by atoms with E-state index in [2.05, 4.69) is 20.3 Å². The Balaban J connectivity index is 2.38. The first-order valence-electron chi connectivity index (χ1n) is 4.30. The summed E-state index contributed by atoms with van der Waals surface area (Å²) in [4.78, 5) is 12.2. The average Bonchev–Trinajstić information content (AvgIpc) is 2.31. The molecule has 0 radical (unpaired) electrons. The lowest BCUT2D eigenvalue weighted by Crippen LogP contribution is -1.96. The maximum absolute atomic E-state index is 8.42. The predicted molar refractivity (Wildman–Crippen MR) is 54.5 cm³/mol. The van der Waals surface area contributed by atoms with Gasteiger partial charge >= 0.3 is 0 Å². The highest BCUT2D eigenvalue weighted by Gasteiger charge is 2.01. The number of hydrogen-bond donors (Lipinski definition) is 1. The van der Waals surface area contributed by atoms with E-state index in [1.165, 1.54) is 0 Å². The lowest BCUT2D eigenvalue weighted by atomic mass is 10.3. The molecule has 0 aliphatic rings. The molecule has 0 saturated heterocycles. The lowest BCUT2D eigenvalue weighted by Gasteiger charge is -2.00. The molecule has 0 saturated carbocycles. The van der Waals surface area contributed by atoms with Gasteiger partial charge in [0.2, 0.25) is 5.95 Å². The molecule has 2 aromatic heterocycles. The molecule has 0 aliphatic heterocycles. The molecule has 0 aliphatic carbocycles. The molecule has 2 aromatic rings. The van der Waals surface area contributed by atoms with Gasteiger partial charge in [-0.15, -0.1) is 0 Å². The maximum Gasteiger partial charge on any atom is 0.236 e. The van der Waals surface area contributed by atoms with Crippen molar-refractivity contribution in [3.63, 3.8) is 0 Å². The van der Waals surface area contributed by atoms with Crippen LogP contribution in [0.15, 0.2) is 36.7 Å². The minimum absolute atomic E-state index is 0.278.